The Morgan fingerprint density at radius 3 is 2.65 bits per heavy atom. The molecule has 1 aromatic carbocycles. The maximum absolute atomic E-state index is 13.0. The number of aliphatic hydroxyl groups is 1. The van der Waals surface area contributed by atoms with E-state index in [1.165, 1.54) is 0 Å². The number of carbonyl (C=O) groups is 1. The molecular weight excluding hydrogens is 398 g/mol. The van der Waals surface area contributed by atoms with Crippen molar-refractivity contribution in [3.05, 3.63) is 53.4 Å². The van der Waals surface area contributed by atoms with Crippen LogP contribution in [0.25, 0.3) is 0 Å². The molecule has 4 rings (SSSR count). The molecule has 3 heterocycles. The van der Waals surface area contributed by atoms with Crippen LogP contribution in [0.3, 0.4) is 0 Å². The third-order valence-corrected chi connectivity index (χ3v) is 6.18. The van der Waals surface area contributed by atoms with Gasteiger partial charge in [0.05, 0.1) is 38.1 Å². The highest BCUT2D eigenvalue weighted by atomic mass is 16.5. The van der Waals surface area contributed by atoms with Crippen LogP contribution in [0, 0.1) is 5.92 Å². The predicted octanol–water partition coefficient (Wildman–Crippen LogP) is 1.59. The van der Waals surface area contributed by atoms with Gasteiger partial charge in [0.1, 0.15) is 5.76 Å². The molecule has 2 N–H and O–H groups in total. The highest BCUT2D eigenvalue weighted by Gasteiger charge is 2.45. The number of β-amino-alcohol motifs (C(OH)–C–C–N with tert-alkyl or cyclic N) is 1. The molecule has 0 saturated carbocycles. The van der Waals surface area contributed by atoms with E-state index in [2.05, 4.69) is 15.4 Å². The van der Waals surface area contributed by atoms with E-state index in [4.69, 9.17) is 14.0 Å². The molecule has 2 atom stereocenters. The number of hydrogen-bond acceptors (Lipinski definition) is 7. The van der Waals surface area contributed by atoms with Crippen LogP contribution in [-0.2, 0) is 21.4 Å². The smallest absolute Gasteiger partial charge is 0.274 e. The van der Waals surface area contributed by atoms with Crippen molar-refractivity contribution in [2.45, 2.75) is 31.4 Å². The van der Waals surface area contributed by atoms with Gasteiger partial charge < -0.3 is 29.3 Å². The summed E-state index contributed by atoms with van der Waals surface area (Å²) in [4.78, 5) is 15.2. The fourth-order valence-electron chi connectivity index (χ4n) is 4.44. The van der Waals surface area contributed by atoms with Crippen molar-refractivity contribution in [3.63, 3.8) is 0 Å². The number of hydrogen-bond donors (Lipinski definition) is 2. The molecule has 168 valence electrons. The second kappa shape index (κ2) is 9.91. The van der Waals surface area contributed by atoms with Gasteiger partial charge in [-0.1, -0.05) is 42.4 Å². The first-order valence-corrected chi connectivity index (χ1v) is 11.0. The Bertz CT molecular complexity index is 850. The molecule has 2 aliphatic heterocycles. The van der Waals surface area contributed by atoms with Gasteiger partial charge in [-0.15, -0.1) is 0 Å². The number of carbonyl (C=O) groups excluding carboxylic acids is 1. The summed E-state index contributed by atoms with van der Waals surface area (Å²) in [5.41, 5.74) is 0.224. The molecule has 1 aromatic heterocycles. The molecule has 8 nitrogen and oxygen atoms in total. The monoisotopic (exact) mass is 429 g/mol. The zero-order chi connectivity index (χ0) is 21.7. The highest BCUT2D eigenvalue weighted by Crippen LogP contribution is 2.34. The second-order valence-corrected chi connectivity index (χ2v) is 8.36. The number of aromatic nitrogens is 1. The number of nitrogens with one attached hydrogen (secondary N) is 1. The molecule has 2 aliphatic rings. The number of likely N-dealkylation sites (tertiary alicyclic amines) is 1. The van der Waals surface area contributed by atoms with E-state index in [0.29, 0.717) is 51.6 Å². The molecule has 2 fully saturated rings. The lowest BCUT2D eigenvalue weighted by molar-refractivity contribution is -0.0253. The molecule has 0 bridgehead atoms. The molecule has 0 radical (unpaired) electrons. The van der Waals surface area contributed by atoms with Crippen molar-refractivity contribution in [2.75, 3.05) is 46.1 Å². The van der Waals surface area contributed by atoms with Gasteiger partial charge in [0.15, 0.2) is 5.69 Å². The van der Waals surface area contributed by atoms with Crippen LogP contribution in [0.5, 0.6) is 0 Å². The molecule has 31 heavy (non-hydrogen) atoms. The van der Waals surface area contributed by atoms with E-state index < -0.39 is 11.6 Å². The SMILES string of the molecule is CCc1cc(C(=O)N[C@]2(c3ccccc3)CCN(CC3COCCOC3)C[C@H]2O)no1. The van der Waals surface area contributed by atoms with Crippen molar-refractivity contribution in [1.82, 2.24) is 15.4 Å². The third-order valence-electron chi connectivity index (χ3n) is 6.18. The zero-order valence-corrected chi connectivity index (χ0v) is 18.0. The number of amides is 1. The number of aliphatic hydroxyl groups excluding tert-OH is 1. The minimum atomic E-state index is -0.892. The van der Waals surface area contributed by atoms with Crippen LogP contribution in [0.15, 0.2) is 40.9 Å². The van der Waals surface area contributed by atoms with Crippen molar-refractivity contribution < 1.29 is 23.9 Å². The van der Waals surface area contributed by atoms with Crippen LogP contribution in [-0.4, -0.2) is 73.2 Å². The number of rotatable bonds is 6. The largest absolute Gasteiger partial charge is 0.389 e. The molecule has 2 saturated heterocycles. The number of ether oxygens (including phenoxy) is 2. The summed E-state index contributed by atoms with van der Waals surface area (Å²) >= 11 is 0. The van der Waals surface area contributed by atoms with E-state index in [-0.39, 0.29) is 17.5 Å². The summed E-state index contributed by atoms with van der Waals surface area (Å²) in [5, 5.41) is 18.3. The molecule has 0 unspecified atom stereocenters. The lowest BCUT2D eigenvalue weighted by Gasteiger charge is -2.46. The molecular formula is C23H31N3O5. The van der Waals surface area contributed by atoms with E-state index >= 15 is 0 Å². The quantitative estimate of drug-likeness (QED) is 0.720. The Morgan fingerprint density at radius 1 is 1.26 bits per heavy atom. The molecule has 1 amide bonds. The Labute approximate surface area is 182 Å². The zero-order valence-electron chi connectivity index (χ0n) is 18.0. The summed E-state index contributed by atoms with van der Waals surface area (Å²) in [7, 11) is 0. The van der Waals surface area contributed by atoms with Gasteiger partial charge in [0.25, 0.3) is 5.91 Å². The summed E-state index contributed by atoms with van der Waals surface area (Å²) in [6, 6.07) is 11.3. The van der Waals surface area contributed by atoms with Gasteiger partial charge in [-0.2, -0.15) is 0 Å². The fraction of sp³-hybridized carbons (Fsp3) is 0.565. The normalized spacial score (nSPS) is 25.8. The average Bonchev–Trinajstić information content (AvgIpc) is 3.14. The van der Waals surface area contributed by atoms with Crippen LogP contribution < -0.4 is 5.32 Å². The Morgan fingerprint density at radius 2 is 2.00 bits per heavy atom. The topological polar surface area (TPSA) is 97.1 Å². The highest BCUT2D eigenvalue weighted by molar-refractivity contribution is 5.93. The third kappa shape index (κ3) is 4.98. The summed E-state index contributed by atoms with van der Waals surface area (Å²) in [6.07, 6.45) is 0.463. The number of benzene rings is 1. The Hall–Kier alpha value is -2.26. The van der Waals surface area contributed by atoms with Crippen molar-refractivity contribution in [1.29, 1.82) is 0 Å². The first-order valence-electron chi connectivity index (χ1n) is 11.0. The van der Waals surface area contributed by atoms with Gasteiger partial charge >= 0.3 is 0 Å². The molecule has 0 aliphatic carbocycles. The van der Waals surface area contributed by atoms with E-state index in [1.807, 2.05) is 37.3 Å². The average molecular weight is 430 g/mol. The van der Waals surface area contributed by atoms with Crippen LogP contribution in [0.1, 0.15) is 35.2 Å². The lowest BCUT2D eigenvalue weighted by atomic mass is 9.78. The van der Waals surface area contributed by atoms with Crippen molar-refractivity contribution in [2.24, 2.45) is 5.92 Å². The second-order valence-electron chi connectivity index (χ2n) is 8.36. The van der Waals surface area contributed by atoms with E-state index in [1.54, 1.807) is 6.07 Å². The van der Waals surface area contributed by atoms with E-state index in [9.17, 15) is 9.90 Å². The van der Waals surface area contributed by atoms with Gasteiger partial charge in [-0.3, -0.25) is 4.79 Å². The molecule has 8 heteroatoms. The maximum atomic E-state index is 13.0. The van der Waals surface area contributed by atoms with Gasteiger partial charge in [-0.25, -0.2) is 0 Å². The predicted molar refractivity (Wildman–Crippen MR) is 114 cm³/mol. The summed E-state index contributed by atoms with van der Waals surface area (Å²) in [6.45, 7) is 6.51. The van der Waals surface area contributed by atoms with Crippen LogP contribution in [0.2, 0.25) is 0 Å². The maximum Gasteiger partial charge on any atom is 0.274 e. The lowest BCUT2D eigenvalue weighted by Crippen LogP contribution is -2.62. The minimum absolute atomic E-state index is 0.231. The summed E-state index contributed by atoms with van der Waals surface area (Å²) < 4.78 is 16.4. The standard InChI is InChI=1S/C23H31N3O5/c1-2-19-12-20(25-31-19)22(28)24-23(18-6-4-3-5-7-18)8-9-26(14-21(23)27)13-17-15-29-10-11-30-16-17/h3-7,12,17,21,27H,2,8-11,13-16H2,1H3,(H,24,28)/t21-,23+/m1/s1. The molecule has 0 spiro atoms. The van der Waals surface area contributed by atoms with Gasteiger partial charge in [0.2, 0.25) is 0 Å². The number of piperidine rings is 1. The first kappa shape index (κ1) is 22.0. The van der Waals surface area contributed by atoms with Gasteiger partial charge in [0, 0.05) is 38.0 Å². The fourth-order valence-corrected chi connectivity index (χ4v) is 4.44. The number of aryl methyl sites for hydroxylation is 1. The summed E-state index contributed by atoms with van der Waals surface area (Å²) in [5.74, 6) is 0.587. The van der Waals surface area contributed by atoms with Crippen LogP contribution >= 0.6 is 0 Å². The molecule has 2 aromatic rings. The van der Waals surface area contributed by atoms with Crippen molar-refractivity contribution in [3.8, 4) is 0 Å². The number of nitrogens with zero attached hydrogens (tertiary/aromatic N) is 2. The van der Waals surface area contributed by atoms with Gasteiger partial charge in [-0.05, 0) is 12.0 Å². The minimum Gasteiger partial charge on any atom is -0.389 e. The van der Waals surface area contributed by atoms with Crippen molar-refractivity contribution >= 4 is 5.91 Å². The Kier molecular flexibility index (Phi) is 7.02. The van der Waals surface area contributed by atoms with E-state index in [0.717, 1.165) is 18.7 Å². The first-order chi connectivity index (χ1) is 15.1. The van der Waals surface area contributed by atoms with Crippen LogP contribution in [0.4, 0.5) is 0 Å². The Balaban J connectivity index is 1.51.